The summed E-state index contributed by atoms with van der Waals surface area (Å²) in [6, 6.07) is 16.9. The van der Waals surface area contributed by atoms with Crippen LogP contribution in [0.15, 0.2) is 65.2 Å². The first-order valence-electron chi connectivity index (χ1n) is 16.7. The molecule has 3 heterocycles. The Kier molecular flexibility index (Phi) is 5.56. The summed E-state index contributed by atoms with van der Waals surface area (Å²) in [6.45, 7) is 12.7. The molecular weight excluding hydrogens is 476 g/mol. The number of furan rings is 1. The predicted octanol–water partition coefficient (Wildman–Crippen LogP) is 10.7. The van der Waals surface area contributed by atoms with Crippen LogP contribution >= 0.6 is 0 Å². The van der Waals surface area contributed by atoms with Gasteiger partial charge in [0.1, 0.15) is 5.58 Å². The highest BCUT2D eigenvalue weighted by Crippen LogP contribution is 2.40. The molecule has 0 unspecified atom stereocenters. The normalized spacial score (nSPS) is 15.7. The summed E-state index contributed by atoms with van der Waals surface area (Å²) in [5, 5.41) is 1.61. The molecule has 0 fully saturated rings. The van der Waals surface area contributed by atoms with Gasteiger partial charge in [0, 0.05) is 36.3 Å². The van der Waals surface area contributed by atoms with Gasteiger partial charge in [-0.3, -0.25) is 4.98 Å². The fraction of sp³-hybridized carbons (Fsp3) is 0.389. The van der Waals surface area contributed by atoms with E-state index in [0.29, 0.717) is 33.8 Å². The fourth-order valence-electron chi connectivity index (χ4n) is 5.80. The monoisotopic (exact) mass is 524 g/mol. The zero-order chi connectivity index (χ0) is 33.3. The summed E-state index contributed by atoms with van der Waals surface area (Å²) in [6.07, 6.45) is 1.56. The number of aryl methyl sites for hydroxylation is 1. The lowest BCUT2D eigenvalue weighted by molar-refractivity contribution is 0.385. The van der Waals surface area contributed by atoms with Gasteiger partial charge in [0.05, 0.1) is 11.4 Å². The molecule has 0 N–H and O–H groups in total. The molecule has 0 aliphatic rings. The molecular formula is C36H42N2O. The highest BCUT2D eigenvalue weighted by atomic mass is 16.3. The van der Waals surface area contributed by atoms with E-state index in [-0.39, 0.29) is 17.4 Å². The van der Waals surface area contributed by atoms with Gasteiger partial charge in [-0.15, -0.1) is 0 Å². The van der Waals surface area contributed by atoms with Crippen LogP contribution < -0.4 is 0 Å². The maximum atomic E-state index is 9.33. The summed E-state index contributed by atoms with van der Waals surface area (Å²) in [7, 11) is 0. The maximum Gasteiger partial charge on any atom is 0.227 e. The molecule has 0 atom stereocenters. The van der Waals surface area contributed by atoms with Crippen molar-refractivity contribution in [2.24, 2.45) is 11.8 Å². The van der Waals surface area contributed by atoms with Crippen molar-refractivity contribution in [3.8, 4) is 22.5 Å². The molecule has 5 aromatic rings. The molecule has 0 aliphatic heterocycles. The Morgan fingerprint density at radius 1 is 0.744 bits per heavy atom. The van der Waals surface area contributed by atoms with E-state index >= 15 is 0 Å². The second-order valence-electron chi connectivity index (χ2n) is 11.4. The van der Waals surface area contributed by atoms with Gasteiger partial charge in [-0.1, -0.05) is 85.7 Å². The zero-order valence-corrected chi connectivity index (χ0v) is 24.2. The van der Waals surface area contributed by atoms with Crippen LogP contribution in [0.4, 0.5) is 0 Å². The average molecular weight is 525 g/mol. The molecule has 5 rings (SSSR count). The summed E-state index contributed by atoms with van der Waals surface area (Å²) in [4.78, 5) is 9.66. The van der Waals surface area contributed by atoms with Gasteiger partial charge in [-0.2, -0.15) is 0 Å². The molecule has 202 valence electrons. The van der Waals surface area contributed by atoms with Gasteiger partial charge in [0.15, 0.2) is 0 Å². The summed E-state index contributed by atoms with van der Waals surface area (Å²) < 4.78 is 58.5. The van der Waals surface area contributed by atoms with Crippen molar-refractivity contribution < 1.29 is 12.6 Å². The average Bonchev–Trinajstić information content (AvgIpc) is 3.32. The van der Waals surface area contributed by atoms with Crippen molar-refractivity contribution in [1.29, 1.82) is 0 Å². The Labute approximate surface area is 242 Å². The Bertz CT molecular complexity index is 1850. The minimum absolute atomic E-state index is 0.124. The van der Waals surface area contributed by atoms with Gasteiger partial charge >= 0.3 is 0 Å². The van der Waals surface area contributed by atoms with Crippen LogP contribution in [0, 0.1) is 18.7 Å². The first kappa shape index (κ1) is 20.4. The van der Waals surface area contributed by atoms with Crippen LogP contribution in [-0.4, -0.2) is 9.97 Å². The number of nitrogens with zero attached hydrogens (tertiary/aromatic N) is 2. The number of rotatable bonds is 7. The Morgan fingerprint density at radius 3 is 2.03 bits per heavy atom. The van der Waals surface area contributed by atoms with E-state index in [9.17, 15) is 1.37 Å². The lowest BCUT2D eigenvalue weighted by Crippen LogP contribution is -2.15. The Hall–Kier alpha value is -3.46. The number of hydrogen-bond donors (Lipinski definition) is 0. The highest BCUT2D eigenvalue weighted by molar-refractivity contribution is 6.08. The van der Waals surface area contributed by atoms with Crippen molar-refractivity contribution in [1.82, 2.24) is 9.97 Å². The standard InChI is InChI=1S/C36H42N2O/c1-20(2)25-12-10-13-26(21(3)4)34(25)31-17-16-28-27-14-11-15-29(35(27)39-36(28)38-31)32-18-24(9)30(19-37-32)33(22(5)6)23(7)8/h10-23,33H,1-9H3/i9D3,20D,21D,33D. The lowest BCUT2D eigenvalue weighted by atomic mass is 9.79. The number of fused-ring (bicyclic) bond motifs is 3. The van der Waals surface area contributed by atoms with E-state index in [0.717, 1.165) is 27.5 Å². The molecule has 3 heteroatoms. The molecule has 3 aromatic heterocycles. The van der Waals surface area contributed by atoms with Crippen LogP contribution in [0.1, 0.15) is 104 Å². The molecule has 0 saturated carbocycles. The van der Waals surface area contributed by atoms with Crippen molar-refractivity contribution in [3.05, 3.63) is 83.0 Å². The highest BCUT2D eigenvalue weighted by Gasteiger charge is 2.23. The van der Waals surface area contributed by atoms with E-state index in [1.165, 1.54) is 0 Å². The first-order valence-corrected chi connectivity index (χ1v) is 13.7. The number of benzene rings is 2. The van der Waals surface area contributed by atoms with Gasteiger partial charge in [-0.05, 0) is 82.9 Å². The smallest absolute Gasteiger partial charge is 0.227 e. The zero-order valence-electron chi connectivity index (χ0n) is 30.2. The van der Waals surface area contributed by atoms with Crippen LogP contribution in [0.2, 0.25) is 0 Å². The Balaban J connectivity index is 1.74. The predicted molar refractivity (Wildman–Crippen MR) is 166 cm³/mol. The fourth-order valence-corrected chi connectivity index (χ4v) is 5.80. The van der Waals surface area contributed by atoms with E-state index in [2.05, 4.69) is 0 Å². The Morgan fingerprint density at radius 2 is 1.41 bits per heavy atom. The second kappa shape index (κ2) is 10.6. The first-order chi connectivity index (χ1) is 20.8. The van der Waals surface area contributed by atoms with Crippen LogP contribution in [0.3, 0.4) is 0 Å². The quantitative estimate of drug-likeness (QED) is 0.212. The van der Waals surface area contributed by atoms with E-state index in [4.69, 9.17) is 21.2 Å². The number of pyridine rings is 2. The molecule has 2 aromatic carbocycles. The largest absolute Gasteiger partial charge is 0.437 e. The van der Waals surface area contributed by atoms with Gasteiger partial charge in [0.25, 0.3) is 0 Å². The third-order valence-electron chi connectivity index (χ3n) is 7.50. The number of hydrogen-bond acceptors (Lipinski definition) is 3. The van der Waals surface area contributed by atoms with Gasteiger partial charge in [-0.25, -0.2) is 4.98 Å². The van der Waals surface area contributed by atoms with Crippen molar-refractivity contribution in [2.45, 2.75) is 79.9 Å². The minimum atomic E-state index is -2.44. The molecule has 0 saturated heterocycles. The molecule has 0 amide bonds. The topological polar surface area (TPSA) is 38.9 Å². The molecule has 0 radical (unpaired) electrons. The maximum absolute atomic E-state index is 9.33. The summed E-state index contributed by atoms with van der Waals surface area (Å²) >= 11 is 0. The SMILES string of the molecule is [2H]C([2H])([2H])c1cc(-c2cccc3c2oc2nc(-c4c(C([2H])(C)C)cccc4C([2H])(C)C)ccc23)ncc1C([2H])(C(C)C)C(C)C. The minimum Gasteiger partial charge on any atom is -0.437 e. The lowest BCUT2D eigenvalue weighted by Gasteiger charge is -2.26. The summed E-state index contributed by atoms with van der Waals surface area (Å²) in [5.41, 5.74) is 5.50. The number of aromatic nitrogens is 2. The number of para-hydroxylation sites is 1. The molecule has 0 spiro atoms. The second-order valence-corrected chi connectivity index (χ2v) is 11.4. The third-order valence-corrected chi connectivity index (χ3v) is 7.50. The van der Waals surface area contributed by atoms with Gasteiger partial charge in [0.2, 0.25) is 5.71 Å². The van der Waals surface area contributed by atoms with Crippen LogP contribution in [0.5, 0.6) is 0 Å². The molecule has 39 heavy (non-hydrogen) atoms. The van der Waals surface area contributed by atoms with E-state index < -0.39 is 24.5 Å². The van der Waals surface area contributed by atoms with Crippen molar-refractivity contribution in [2.75, 3.05) is 0 Å². The molecule has 3 nitrogen and oxygen atoms in total. The van der Waals surface area contributed by atoms with Crippen LogP contribution in [0.25, 0.3) is 44.6 Å². The summed E-state index contributed by atoms with van der Waals surface area (Å²) in [5.74, 6) is -3.23. The molecule has 0 bridgehead atoms. The van der Waals surface area contributed by atoms with E-state index in [1.54, 1.807) is 12.3 Å². The van der Waals surface area contributed by atoms with E-state index in [1.807, 2.05) is 104 Å². The van der Waals surface area contributed by atoms with Crippen molar-refractivity contribution >= 4 is 22.1 Å². The van der Waals surface area contributed by atoms with Crippen LogP contribution in [-0.2, 0) is 0 Å². The van der Waals surface area contributed by atoms with Gasteiger partial charge < -0.3 is 4.42 Å². The third kappa shape index (κ3) is 4.88. The molecule has 0 aliphatic carbocycles. The van der Waals surface area contributed by atoms with Crippen molar-refractivity contribution in [3.63, 3.8) is 0 Å².